The number of carbonyl (C=O) groups is 1. The van der Waals surface area contributed by atoms with E-state index in [2.05, 4.69) is 26.6 Å². The summed E-state index contributed by atoms with van der Waals surface area (Å²) in [6.45, 7) is 2.66. The normalized spacial score (nSPS) is 22.5. The Morgan fingerprint density at radius 2 is 2.21 bits per heavy atom. The van der Waals surface area contributed by atoms with Crippen LogP contribution in [0.4, 0.5) is 14.5 Å². The molecule has 6 heteroatoms. The van der Waals surface area contributed by atoms with Crippen LogP contribution in [0.3, 0.4) is 0 Å². The van der Waals surface area contributed by atoms with Crippen LogP contribution in [-0.4, -0.2) is 18.0 Å². The summed E-state index contributed by atoms with van der Waals surface area (Å²) in [4.78, 5) is 12.2. The number of hydrogen-bond acceptors (Lipinski definition) is 2. The lowest BCUT2D eigenvalue weighted by atomic mass is 9.93. The maximum atomic E-state index is 13.7. The van der Waals surface area contributed by atoms with Gasteiger partial charge in [-0.25, -0.2) is 8.78 Å². The first-order valence-corrected chi connectivity index (χ1v) is 6.99. The highest BCUT2D eigenvalue weighted by Gasteiger charge is 2.39. The lowest BCUT2D eigenvalue weighted by Crippen LogP contribution is -2.50. The Bertz CT molecular complexity index is 502. The smallest absolute Gasteiger partial charge is 0.244 e. The van der Waals surface area contributed by atoms with Gasteiger partial charge in [-0.1, -0.05) is 6.92 Å². The Morgan fingerprint density at radius 3 is 2.79 bits per heavy atom. The molecule has 104 valence electrons. The van der Waals surface area contributed by atoms with Gasteiger partial charge in [-0.15, -0.1) is 0 Å². The molecule has 0 bridgehead atoms. The Hall–Kier alpha value is -1.01. The van der Waals surface area contributed by atoms with Gasteiger partial charge in [-0.3, -0.25) is 4.79 Å². The van der Waals surface area contributed by atoms with Crippen LogP contribution in [0.25, 0.3) is 0 Å². The van der Waals surface area contributed by atoms with E-state index in [-0.39, 0.29) is 16.1 Å². The first-order valence-electron chi connectivity index (χ1n) is 6.19. The van der Waals surface area contributed by atoms with Crippen molar-refractivity contribution in [3.63, 3.8) is 0 Å². The molecule has 1 aromatic carbocycles. The van der Waals surface area contributed by atoms with E-state index in [1.54, 1.807) is 0 Å². The third kappa shape index (κ3) is 2.79. The van der Waals surface area contributed by atoms with Gasteiger partial charge in [0, 0.05) is 6.07 Å². The van der Waals surface area contributed by atoms with Gasteiger partial charge in [0.05, 0.1) is 15.7 Å². The molecule has 1 saturated heterocycles. The number of nitrogens with one attached hydrogen (secondary N) is 2. The molecule has 1 heterocycles. The quantitative estimate of drug-likeness (QED) is 0.834. The topological polar surface area (TPSA) is 41.1 Å². The average molecular weight is 333 g/mol. The molecule has 1 aliphatic rings. The molecule has 1 aromatic rings. The molecule has 19 heavy (non-hydrogen) atoms. The Kier molecular flexibility index (Phi) is 4.20. The fraction of sp³-hybridized carbons (Fsp3) is 0.462. The van der Waals surface area contributed by atoms with Crippen LogP contribution >= 0.6 is 15.9 Å². The van der Waals surface area contributed by atoms with E-state index in [9.17, 15) is 13.6 Å². The minimum atomic E-state index is -0.671. The van der Waals surface area contributed by atoms with Crippen molar-refractivity contribution in [2.24, 2.45) is 0 Å². The maximum Gasteiger partial charge on any atom is 0.244 e. The van der Waals surface area contributed by atoms with Gasteiger partial charge >= 0.3 is 0 Å². The zero-order valence-electron chi connectivity index (χ0n) is 10.5. The highest BCUT2D eigenvalue weighted by molar-refractivity contribution is 9.10. The summed E-state index contributed by atoms with van der Waals surface area (Å²) in [6.07, 6.45) is 2.22. The fourth-order valence-corrected chi connectivity index (χ4v) is 2.64. The van der Waals surface area contributed by atoms with Crippen molar-refractivity contribution in [2.75, 3.05) is 11.9 Å². The minimum absolute atomic E-state index is 0.0344. The number of carbonyl (C=O) groups excluding carboxylic acids is 1. The van der Waals surface area contributed by atoms with Gasteiger partial charge in [-0.05, 0) is 47.8 Å². The van der Waals surface area contributed by atoms with Gasteiger partial charge in [0.15, 0.2) is 0 Å². The zero-order chi connectivity index (χ0) is 14.0. The number of halogens is 3. The predicted octanol–water partition coefficient (Wildman–Crippen LogP) is 3.20. The van der Waals surface area contributed by atoms with Crippen LogP contribution in [0.2, 0.25) is 0 Å². The summed E-state index contributed by atoms with van der Waals surface area (Å²) in [5, 5.41) is 5.62. The van der Waals surface area contributed by atoms with Crippen molar-refractivity contribution in [1.82, 2.24) is 5.32 Å². The van der Waals surface area contributed by atoms with Crippen molar-refractivity contribution in [1.29, 1.82) is 0 Å². The fourth-order valence-electron chi connectivity index (χ4n) is 2.32. The van der Waals surface area contributed by atoms with Gasteiger partial charge in [0.1, 0.15) is 11.6 Å². The van der Waals surface area contributed by atoms with E-state index in [1.165, 1.54) is 0 Å². The molecule has 2 rings (SSSR count). The van der Waals surface area contributed by atoms with Crippen LogP contribution in [0.5, 0.6) is 0 Å². The van der Waals surface area contributed by atoms with E-state index in [0.717, 1.165) is 25.1 Å². The Morgan fingerprint density at radius 1 is 1.47 bits per heavy atom. The zero-order valence-corrected chi connectivity index (χ0v) is 12.1. The number of benzene rings is 1. The summed E-state index contributed by atoms with van der Waals surface area (Å²) in [7, 11) is 0. The SMILES string of the molecule is CCC1(C(=O)Nc2cc(F)c(Br)cc2F)CCCN1. The monoisotopic (exact) mass is 332 g/mol. The highest BCUT2D eigenvalue weighted by Crippen LogP contribution is 2.27. The van der Waals surface area contributed by atoms with E-state index in [1.807, 2.05) is 6.92 Å². The molecular weight excluding hydrogens is 318 g/mol. The van der Waals surface area contributed by atoms with E-state index in [0.29, 0.717) is 12.8 Å². The minimum Gasteiger partial charge on any atom is -0.322 e. The highest BCUT2D eigenvalue weighted by atomic mass is 79.9. The molecule has 3 nitrogen and oxygen atoms in total. The average Bonchev–Trinajstić information content (AvgIpc) is 2.86. The second-order valence-corrected chi connectivity index (χ2v) is 5.52. The van der Waals surface area contributed by atoms with E-state index in [4.69, 9.17) is 0 Å². The van der Waals surface area contributed by atoms with Gasteiger partial charge in [0.2, 0.25) is 5.91 Å². The molecule has 0 spiro atoms. The number of rotatable bonds is 3. The predicted molar refractivity (Wildman–Crippen MR) is 72.9 cm³/mol. The number of hydrogen-bond donors (Lipinski definition) is 2. The maximum absolute atomic E-state index is 13.7. The lowest BCUT2D eigenvalue weighted by Gasteiger charge is -2.26. The number of amides is 1. The third-order valence-electron chi connectivity index (χ3n) is 3.54. The van der Waals surface area contributed by atoms with Crippen molar-refractivity contribution in [3.8, 4) is 0 Å². The second-order valence-electron chi connectivity index (χ2n) is 4.67. The van der Waals surface area contributed by atoms with Crippen LogP contribution in [0.15, 0.2) is 16.6 Å². The lowest BCUT2D eigenvalue weighted by molar-refractivity contribution is -0.122. The molecule has 0 aliphatic carbocycles. The van der Waals surface area contributed by atoms with Gasteiger partial charge in [-0.2, -0.15) is 0 Å². The molecule has 1 unspecified atom stereocenters. The van der Waals surface area contributed by atoms with E-state index >= 15 is 0 Å². The first-order chi connectivity index (χ1) is 8.98. The largest absolute Gasteiger partial charge is 0.322 e. The molecule has 0 saturated carbocycles. The third-order valence-corrected chi connectivity index (χ3v) is 4.15. The molecule has 0 aromatic heterocycles. The van der Waals surface area contributed by atoms with Crippen LogP contribution < -0.4 is 10.6 Å². The van der Waals surface area contributed by atoms with Crippen molar-refractivity contribution >= 4 is 27.5 Å². The molecule has 1 fully saturated rings. The standard InChI is InChI=1S/C13H15BrF2N2O/c1-2-13(4-3-5-17-13)12(19)18-11-7-9(15)8(14)6-10(11)16/h6-7,17H,2-5H2,1H3,(H,18,19). The second kappa shape index (κ2) is 5.54. The van der Waals surface area contributed by atoms with Crippen molar-refractivity contribution in [3.05, 3.63) is 28.2 Å². The summed E-state index contributed by atoms with van der Waals surface area (Å²) in [5.41, 5.74) is -0.803. The number of anilines is 1. The first kappa shape index (κ1) is 14.4. The van der Waals surface area contributed by atoms with Crippen molar-refractivity contribution < 1.29 is 13.6 Å². The molecule has 0 radical (unpaired) electrons. The van der Waals surface area contributed by atoms with Crippen molar-refractivity contribution in [2.45, 2.75) is 31.7 Å². The van der Waals surface area contributed by atoms with Crippen LogP contribution in [0.1, 0.15) is 26.2 Å². The molecule has 1 aliphatic heterocycles. The Balaban J connectivity index is 2.21. The van der Waals surface area contributed by atoms with Gasteiger partial charge in [0.25, 0.3) is 0 Å². The van der Waals surface area contributed by atoms with Crippen LogP contribution in [0, 0.1) is 11.6 Å². The molecule has 1 amide bonds. The molecule has 1 atom stereocenters. The molecule has 2 N–H and O–H groups in total. The van der Waals surface area contributed by atoms with E-state index < -0.39 is 17.2 Å². The summed E-state index contributed by atoms with van der Waals surface area (Å²) in [5.74, 6) is -1.58. The summed E-state index contributed by atoms with van der Waals surface area (Å²) < 4.78 is 27.1. The molecular formula is C13H15BrF2N2O. The Labute approximate surface area is 118 Å². The van der Waals surface area contributed by atoms with Gasteiger partial charge < -0.3 is 10.6 Å². The van der Waals surface area contributed by atoms with Crippen LogP contribution in [-0.2, 0) is 4.79 Å². The summed E-state index contributed by atoms with van der Waals surface area (Å²) in [6, 6.07) is 1.99. The summed E-state index contributed by atoms with van der Waals surface area (Å²) >= 11 is 2.90.